The molecule has 0 unspecified atom stereocenters. The molecule has 84 valence electrons. The molecule has 1 fully saturated rings. The largest absolute Gasteiger partial charge is 0.378 e. The Balaban J connectivity index is 2.11. The summed E-state index contributed by atoms with van der Waals surface area (Å²) in [6.45, 7) is 2.14. The molecule has 16 heavy (non-hydrogen) atoms. The highest BCUT2D eigenvalue weighted by molar-refractivity contribution is 5.38. The highest BCUT2D eigenvalue weighted by atomic mass is 16.3. The van der Waals surface area contributed by atoms with Crippen molar-refractivity contribution in [1.82, 2.24) is 0 Å². The summed E-state index contributed by atoms with van der Waals surface area (Å²) in [5.74, 6) is 6.10. The third kappa shape index (κ3) is 2.65. The quantitative estimate of drug-likeness (QED) is 0.713. The molecule has 1 aliphatic rings. The van der Waals surface area contributed by atoms with Crippen molar-refractivity contribution < 1.29 is 5.11 Å². The number of hydrogen-bond acceptors (Lipinski definition) is 1. The van der Waals surface area contributed by atoms with E-state index in [-0.39, 0.29) is 0 Å². The fraction of sp³-hybridized carbons (Fsp3) is 0.467. The predicted molar refractivity (Wildman–Crippen MR) is 66.1 cm³/mol. The van der Waals surface area contributed by atoms with Crippen LogP contribution in [0, 0.1) is 11.8 Å². The Morgan fingerprint density at radius 1 is 1.19 bits per heavy atom. The number of hydrogen-bond donors (Lipinski definition) is 1. The summed E-state index contributed by atoms with van der Waals surface area (Å²) in [4.78, 5) is 0. The molecule has 1 aromatic rings. The van der Waals surface area contributed by atoms with Crippen LogP contribution in [-0.4, -0.2) is 10.7 Å². The zero-order valence-corrected chi connectivity index (χ0v) is 9.79. The summed E-state index contributed by atoms with van der Waals surface area (Å²) in [5, 5.41) is 10.1. The van der Waals surface area contributed by atoms with Gasteiger partial charge in [0.1, 0.15) is 5.60 Å². The van der Waals surface area contributed by atoms with Gasteiger partial charge in [-0.2, -0.15) is 0 Å². The van der Waals surface area contributed by atoms with Crippen molar-refractivity contribution in [3.63, 3.8) is 0 Å². The van der Waals surface area contributed by atoms with Gasteiger partial charge in [-0.25, -0.2) is 0 Å². The van der Waals surface area contributed by atoms with Crippen molar-refractivity contribution in [2.75, 3.05) is 0 Å². The third-order valence-corrected chi connectivity index (χ3v) is 3.23. The summed E-state index contributed by atoms with van der Waals surface area (Å²) in [5.41, 5.74) is 1.60. The molecule has 0 aromatic heterocycles. The van der Waals surface area contributed by atoms with Gasteiger partial charge in [0.2, 0.25) is 0 Å². The van der Waals surface area contributed by atoms with Crippen molar-refractivity contribution >= 4 is 0 Å². The summed E-state index contributed by atoms with van der Waals surface area (Å²) in [7, 11) is 0. The molecule has 1 N–H and O–H groups in total. The van der Waals surface area contributed by atoms with Crippen molar-refractivity contribution in [1.29, 1.82) is 0 Å². The van der Waals surface area contributed by atoms with Gasteiger partial charge in [0.15, 0.2) is 0 Å². The van der Waals surface area contributed by atoms with E-state index in [0.29, 0.717) is 0 Å². The summed E-state index contributed by atoms with van der Waals surface area (Å²) in [6, 6.07) is 8.26. The van der Waals surface area contributed by atoms with Crippen LogP contribution >= 0.6 is 0 Å². The second kappa shape index (κ2) is 4.72. The lowest BCUT2D eigenvalue weighted by Gasteiger charge is -2.12. The van der Waals surface area contributed by atoms with E-state index in [1.807, 2.05) is 12.1 Å². The first-order valence-corrected chi connectivity index (χ1v) is 6.06. The molecule has 1 aromatic carbocycles. The molecule has 0 heterocycles. The second-order valence-corrected chi connectivity index (χ2v) is 4.54. The van der Waals surface area contributed by atoms with Gasteiger partial charge in [0.25, 0.3) is 0 Å². The molecule has 0 radical (unpaired) electrons. The van der Waals surface area contributed by atoms with Gasteiger partial charge in [0, 0.05) is 5.56 Å². The van der Waals surface area contributed by atoms with Crippen molar-refractivity contribution in [3.8, 4) is 11.8 Å². The Bertz CT molecular complexity index is 399. The van der Waals surface area contributed by atoms with Gasteiger partial charge in [-0.05, 0) is 49.8 Å². The maximum atomic E-state index is 10.1. The van der Waals surface area contributed by atoms with E-state index in [9.17, 15) is 5.11 Å². The number of aryl methyl sites for hydroxylation is 1. The minimum atomic E-state index is -0.719. The van der Waals surface area contributed by atoms with E-state index < -0.39 is 5.60 Å². The van der Waals surface area contributed by atoms with Crippen molar-refractivity contribution in [2.24, 2.45) is 0 Å². The molecule has 0 saturated heterocycles. The minimum absolute atomic E-state index is 0.719. The van der Waals surface area contributed by atoms with Gasteiger partial charge in [-0.1, -0.05) is 30.9 Å². The van der Waals surface area contributed by atoms with Crippen LogP contribution in [0.2, 0.25) is 0 Å². The lowest BCUT2D eigenvalue weighted by molar-refractivity contribution is 0.110. The highest BCUT2D eigenvalue weighted by Crippen LogP contribution is 2.28. The van der Waals surface area contributed by atoms with Crippen LogP contribution in [0.5, 0.6) is 0 Å². The van der Waals surface area contributed by atoms with E-state index in [1.54, 1.807) is 0 Å². The van der Waals surface area contributed by atoms with Crippen LogP contribution in [0.15, 0.2) is 24.3 Å². The molecule has 1 nitrogen and oxygen atoms in total. The van der Waals surface area contributed by atoms with Crippen LogP contribution < -0.4 is 0 Å². The molecule has 1 saturated carbocycles. The molecule has 0 atom stereocenters. The fourth-order valence-corrected chi connectivity index (χ4v) is 2.10. The summed E-state index contributed by atoms with van der Waals surface area (Å²) in [6.07, 6.45) is 4.90. The first kappa shape index (κ1) is 11.2. The van der Waals surface area contributed by atoms with Crippen LogP contribution in [0.3, 0.4) is 0 Å². The maximum absolute atomic E-state index is 10.1. The van der Waals surface area contributed by atoms with Crippen LogP contribution in [0.4, 0.5) is 0 Å². The Hall–Kier alpha value is -1.26. The smallest absolute Gasteiger partial charge is 0.125 e. The van der Waals surface area contributed by atoms with E-state index in [2.05, 4.69) is 30.9 Å². The number of rotatable bonds is 1. The second-order valence-electron chi connectivity index (χ2n) is 4.54. The Morgan fingerprint density at radius 2 is 1.81 bits per heavy atom. The van der Waals surface area contributed by atoms with Crippen molar-refractivity contribution in [2.45, 2.75) is 44.6 Å². The van der Waals surface area contributed by atoms with Crippen LogP contribution in [-0.2, 0) is 6.42 Å². The number of benzene rings is 1. The molecule has 1 heteroatoms. The minimum Gasteiger partial charge on any atom is -0.378 e. The fourth-order valence-electron chi connectivity index (χ4n) is 2.10. The lowest BCUT2D eigenvalue weighted by Crippen LogP contribution is -2.20. The maximum Gasteiger partial charge on any atom is 0.125 e. The number of aliphatic hydroxyl groups is 1. The summed E-state index contributed by atoms with van der Waals surface area (Å²) >= 11 is 0. The van der Waals surface area contributed by atoms with Crippen LogP contribution in [0.25, 0.3) is 0 Å². The Kier molecular flexibility index (Phi) is 3.31. The molecule has 0 aliphatic heterocycles. The van der Waals surface area contributed by atoms with Gasteiger partial charge < -0.3 is 5.11 Å². The molecule has 0 bridgehead atoms. The average molecular weight is 214 g/mol. The predicted octanol–water partition coefficient (Wildman–Crippen LogP) is 2.91. The average Bonchev–Trinajstić information content (AvgIpc) is 2.75. The normalized spacial score (nSPS) is 17.9. The SMILES string of the molecule is CCc1ccc(C#CC2(O)CCCC2)cc1. The molecule has 2 rings (SSSR count). The van der Waals surface area contributed by atoms with E-state index in [0.717, 1.165) is 37.7 Å². The topological polar surface area (TPSA) is 20.2 Å². The van der Waals surface area contributed by atoms with Crippen LogP contribution in [0.1, 0.15) is 43.7 Å². The molecular weight excluding hydrogens is 196 g/mol. The Morgan fingerprint density at radius 3 is 2.38 bits per heavy atom. The zero-order chi connectivity index (χ0) is 11.4. The van der Waals surface area contributed by atoms with Gasteiger partial charge in [0.05, 0.1) is 0 Å². The van der Waals surface area contributed by atoms with E-state index in [4.69, 9.17) is 0 Å². The van der Waals surface area contributed by atoms with E-state index in [1.165, 1.54) is 5.56 Å². The first-order chi connectivity index (χ1) is 7.72. The third-order valence-electron chi connectivity index (χ3n) is 3.23. The zero-order valence-electron chi connectivity index (χ0n) is 9.79. The van der Waals surface area contributed by atoms with E-state index >= 15 is 0 Å². The lowest BCUT2D eigenvalue weighted by atomic mass is 10.0. The standard InChI is InChI=1S/C15H18O/c1-2-13-5-7-14(8-6-13)9-12-15(16)10-3-4-11-15/h5-8,16H,2-4,10-11H2,1H3. The molecule has 0 amide bonds. The van der Waals surface area contributed by atoms with Gasteiger partial charge in [-0.3, -0.25) is 0 Å². The van der Waals surface area contributed by atoms with Gasteiger partial charge >= 0.3 is 0 Å². The van der Waals surface area contributed by atoms with Crippen molar-refractivity contribution in [3.05, 3.63) is 35.4 Å². The molecular formula is C15H18O. The first-order valence-electron chi connectivity index (χ1n) is 6.06. The van der Waals surface area contributed by atoms with Gasteiger partial charge in [-0.15, -0.1) is 0 Å². The summed E-state index contributed by atoms with van der Waals surface area (Å²) < 4.78 is 0. The molecule has 0 spiro atoms. The Labute approximate surface area is 97.5 Å². The molecule has 1 aliphatic carbocycles. The highest BCUT2D eigenvalue weighted by Gasteiger charge is 2.28. The monoisotopic (exact) mass is 214 g/mol.